The smallest absolute Gasteiger partial charge is 0.253 e. The number of hydrogen-bond donors (Lipinski definition) is 2. The van der Waals surface area contributed by atoms with Gasteiger partial charge in [-0.2, -0.15) is 0 Å². The second-order valence-corrected chi connectivity index (χ2v) is 5.48. The topological polar surface area (TPSA) is 47.6 Å². The fraction of sp³-hybridized carbons (Fsp3) is 0.562. The molecule has 1 aliphatic heterocycles. The maximum absolute atomic E-state index is 12.3. The monoisotopic (exact) mass is 290 g/mol. The van der Waals surface area contributed by atoms with Gasteiger partial charge in [-0.15, -0.1) is 0 Å². The zero-order valence-corrected chi connectivity index (χ0v) is 13.1. The molecular formula is C16H26N4O. The minimum atomic E-state index is 0.000627. The van der Waals surface area contributed by atoms with Crippen LogP contribution in [0, 0.1) is 0 Å². The van der Waals surface area contributed by atoms with Gasteiger partial charge < -0.3 is 15.5 Å². The number of benzene rings is 1. The molecule has 0 spiro atoms. The number of piperazine rings is 1. The highest BCUT2D eigenvalue weighted by molar-refractivity contribution is 5.99. The Balaban J connectivity index is 1.79. The lowest BCUT2D eigenvalue weighted by Crippen LogP contribution is -2.46. The highest BCUT2D eigenvalue weighted by Crippen LogP contribution is 2.14. The van der Waals surface area contributed by atoms with Gasteiger partial charge in [-0.25, -0.2) is 0 Å². The van der Waals surface area contributed by atoms with Crippen molar-refractivity contribution in [2.24, 2.45) is 0 Å². The van der Waals surface area contributed by atoms with E-state index in [1.165, 1.54) is 0 Å². The van der Waals surface area contributed by atoms with Crippen molar-refractivity contribution >= 4 is 11.6 Å². The molecule has 1 saturated heterocycles. The summed E-state index contributed by atoms with van der Waals surface area (Å²) in [6.45, 7) is 8.84. The van der Waals surface area contributed by atoms with Crippen molar-refractivity contribution in [2.45, 2.75) is 6.92 Å². The molecule has 1 fully saturated rings. The van der Waals surface area contributed by atoms with Crippen molar-refractivity contribution in [2.75, 3.05) is 58.2 Å². The van der Waals surface area contributed by atoms with Crippen molar-refractivity contribution in [1.29, 1.82) is 0 Å². The number of carbonyl (C=O) groups is 1. The number of anilines is 1. The van der Waals surface area contributed by atoms with Crippen LogP contribution in [0.25, 0.3) is 0 Å². The summed E-state index contributed by atoms with van der Waals surface area (Å²) >= 11 is 0. The first kappa shape index (κ1) is 15.8. The van der Waals surface area contributed by atoms with Gasteiger partial charge in [0.25, 0.3) is 5.91 Å². The Kier molecular flexibility index (Phi) is 6.02. The molecule has 0 bridgehead atoms. The van der Waals surface area contributed by atoms with Gasteiger partial charge in [-0.05, 0) is 26.1 Å². The van der Waals surface area contributed by atoms with E-state index in [4.69, 9.17) is 0 Å². The van der Waals surface area contributed by atoms with Crippen LogP contribution in [0.3, 0.4) is 0 Å². The van der Waals surface area contributed by atoms with E-state index in [2.05, 4.69) is 27.5 Å². The van der Waals surface area contributed by atoms with Crippen molar-refractivity contribution in [3.63, 3.8) is 0 Å². The number of nitrogens with zero attached hydrogens (tertiary/aromatic N) is 2. The van der Waals surface area contributed by atoms with Crippen LogP contribution in [-0.2, 0) is 0 Å². The summed E-state index contributed by atoms with van der Waals surface area (Å²) in [5, 5.41) is 6.25. The number of nitrogens with one attached hydrogen (secondary N) is 2. The van der Waals surface area contributed by atoms with E-state index in [1.807, 2.05) is 31.2 Å². The fourth-order valence-corrected chi connectivity index (χ4v) is 2.52. The number of para-hydroxylation sites is 1. The van der Waals surface area contributed by atoms with Gasteiger partial charge >= 0.3 is 0 Å². The first-order valence-corrected chi connectivity index (χ1v) is 7.72. The summed E-state index contributed by atoms with van der Waals surface area (Å²) in [5.41, 5.74) is 1.62. The Morgan fingerprint density at radius 3 is 2.62 bits per heavy atom. The maximum atomic E-state index is 12.3. The predicted octanol–water partition coefficient (Wildman–Crippen LogP) is 1.10. The van der Waals surface area contributed by atoms with E-state index >= 15 is 0 Å². The number of carbonyl (C=O) groups excluding carboxylic acids is 1. The standard InChI is InChI=1S/C16H26N4O/c1-3-17-15-7-5-4-6-14(15)16(21)18-8-9-20-12-10-19(2)11-13-20/h4-7,17H,3,8-13H2,1-2H3,(H,18,21). The van der Waals surface area contributed by atoms with E-state index in [9.17, 15) is 4.79 Å². The first-order valence-electron chi connectivity index (χ1n) is 7.72. The van der Waals surface area contributed by atoms with E-state index in [-0.39, 0.29) is 5.91 Å². The van der Waals surface area contributed by atoms with Gasteiger partial charge in [-0.3, -0.25) is 9.69 Å². The molecule has 21 heavy (non-hydrogen) atoms. The van der Waals surface area contributed by atoms with Crippen LogP contribution in [-0.4, -0.2) is 68.6 Å². The van der Waals surface area contributed by atoms with Crippen LogP contribution in [0.2, 0.25) is 0 Å². The third-order valence-corrected chi connectivity index (χ3v) is 3.85. The summed E-state index contributed by atoms with van der Waals surface area (Å²) < 4.78 is 0. The molecule has 2 N–H and O–H groups in total. The maximum Gasteiger partial charge on any atom is 0.253 e. The van der Waals surface area contributed by atoms with Crippen LogP contribution >= 0.6 is 0 Å². The minimum absolute atomic E-state index is 0.000627. The van der Waals surface area contributed by atoms with Gasteiger partial charge in [0.2, 0.25) is 0 Å². The van der Waals surface area contributed by atoms with Crippen LogP contribution < -0.4 is 10.6 Å². The molecule has 5 nitrogen and oxygen atoms in total. The average Bonchev–Trinajstić information content (AvgIpc) is 2.50. The fourth-order valence-electron chi connectivity index (χ4n) is 2.52. The average molecular weight is 290 g/mol. The van der Waals surface area contributed by atoms with E-state index in [0.717, 1.165) is 50.5 Å². The van der Waals surface area contributed by atoms with Gasteiger partial charge in [0.1, 0.15) is 0 Å². The predicted molar refractivity (Wildman–Crippen MR) is 86.9 cm³/mol. The Labute approximate surface area is 127 Å². The molecule has 116 valence electrons. The Morgan fingerprint density at radius 2 is 1.90 bits per heavy atom. The number of hydrogen-bond acceptors (Lipinski definition) is 4. The lowest BCUT2D eigenvalue weighted by atomic mass is 10.1. The third-order valence-electron chi connectivity index (χ3n) is 3.85. The molecule has 0 aliphatic carbocycles. The molecule has 1 amide bonds. The van der Waals surface area contributed by atoms with E-state index < -0.39 is 0 Å². The third kappa shape index (κ3) is 4.72. The molecule has 0 atom stereocenters. The van der Waals surface area contributed by atoms with Crippen molar-refractivity contribution < 1.29 is 4.79 Å². The van der Waals surface area contributed by atoms with Gasteiger partial charge in [0, 0.05) is 51.5 Å². The summed E-state index contributed by atoms with van der Waals surface area (Å²) in [6, 6.07) is 7.65. The van der Waals surface area contributed by atoms with Crippen molar-refractivity contribution in [3.05, 3.63) is 29.8 Å². The van der Waals surface area contributed by atoms with Crippen LogP contribution in [0.1, 0.15) is 17.3 Å². The number of likely N-dealkylation sites (N-methyl/N-ethyl adjacent to an activating group) is 1. The van der Waals surface area contributed by atoms with E-state index in [1.54, 1.807) is 0 Å². The summed E-state index contributed by atoms with van der Waals surface area (Å²) in [5.74, 6) is 0.000627. The molecule has 1 aromatic rings. The van der Waals surface area contributed by atoms with Crippen LogP contribution in [0.5, 0.6) is 0 Å². The Morgan fingerprint density at radius 1 is 1.19 bits per heavy atom. The summed E-state index contributed by atoms with van der Waals surface area (Å²) in [4.78, 5) is 17.0. The largest absolute Gasteiger partial charge is 0.385 e. The number of rotatable bonds is 6. The molecule has 1 aliphatic rings. The summed E-state index contributed by atoms with van der Waals surface area (Å²) in [7, 11) is 2.15. The van der Waals surface area contributed by atoms with Crippen molar-refractivity contribution in [1.82, 2.24) is 15.1 Å². The van der Waals surface area contributed by atoms with Crippen molar-refractivity contribution in [3.8, 4) is 0 Å². The zero-order valence-electron chi connectivity index (χ0n) is 13.1. The first-order chi connectivity index (χ1) is 10.2. The van der Waals surface area contributed by atoms with Crippen LogP contribution in [0.15, 0.2) is 24.3 Å². The highest BCUT2D eigenvalue weighted by atomic mass is 16.1. The molecule has 1 aromatic carbocycles. The van der Waals surface area contributed by atoms with Gasteiger partial charge in [0.05, 0.1) is 5.56 Å². The molecule has 0 unspecified atom stereocenters. The lowest BCUT2D eigenvalue weighted by Gasteiger charge is -2.32. The van der Waals surface area contributed by atoms with Crippen LogP contribution in [0.4, 0.5) is 5.69 Å². The molecule has 1 heterocycles. The quantitative estimate of drug-likeness (QED) is 0.823. The molecule has 0 radical (unpaired) electrons. The second-order valence-electron chi connectivity index (χ2n) is 5.48. The SMILES string of the molecule is CCNc1ccccc1C(=O)NCCN1CCN(C)CC1. The second kappa shape index (κ2) is 8.00. The molecule has 2 rings (SSSR count). The molecular weight excluding hydrogens is 264 g/mol. The Bertz CT molecular complexity index is 455. The van der Waals surface area contributed by atoms with Gasteiger partial charge in [-0.1, -0.05) is 12.1 Å². The molecule has 0 saturated carbocycles. The number of amides is 1. The normalized spacial score (nSPS) is 16.7. The molecule has 5 heteroatoms. The zero-order chi connectivity index (χ0) is 15.1. The molecule has 0 aromatic heterocycles. The Hall–Kier alpha value is -1.59. The van der Waals surface area contributed by atoms with Gasteiger partial charge in [0.15, 0.2) is 0 Å². The highest BCUT2D eigenvalue weighted by Gasteiger charge is 2.14. The lowest BCUT2D eigenvalue weighted by molar-refractivity contribution is 0.0942. The van der Waals surface area contributed by atoms with E-state index in [0.29, 0.717) is 6.54 Å². The minimum Gasteiger partial charge on any atom is -0.385 e. The summed E-state index contributed by atoms with van der Waals surface area (Å²) in [6.07, 6.45) is 0.